The summed E-state index contributed by atoms with van der Waals surface area (Å²) in [6.45, 7) is 7.15. The quantitative estimate of drug-likeness (QED) is 0.0222. The first-order chi connectivity index (χ1) is 43.1. The molecule has 0 aliphatic carbocycles. The molecule has 3 unspecified atom stereocenters. The van der Waals surface area contributed by atoms with E-state index in [2.05, 4.69) is 34.6 Å². The van der Waals surface area contributed by atoms with Crippen LogP contribution in [-0.2, 0) is 65.4 Å². The summed E-state index contributed by atoms with van der Waals surface area (Å²) in [4.78, 5) is 72.1. The predicted octanol–water partition coefficient (Wildman–Crippen LogP) is 20.1. The fraction of sp³-hybridized carbons (Fsp3) is 0.943. The van der Waals surface area contributed by atoms with Crippen LogP contribution in [0.15, 0.2) is 0 Å². The molecule has 0 bridgehead atoms. The molecule has 0 rings (SSSR count). The van der Waals surface area contributed by atoms with Crippen LogP contribution in [0.5, 0.6) is 0 Å². The van der Waals surface area contributed by atoms with Gasteiger partial charge in [0, 0.05) is 25.7 Å². The number of hydrogen-bond acceptors (Lipinski definition) is 15. The largest absolute Gasteiger partial charge is 0.472 e. The second-order valence-corrected chi connectivity index (χ2v) is 28.4. The maximum atomic E-state index is 13.0. The summed E-state index contributed by atoms with van der Waals surface area (Å²) >= 11 is 0. The van der Waals surface area contributed by atoms with Crippen LogP contribution >= 0.6 is 15.6 Å². The molecule has 6 atom stereocenters. The number of esters is 4. The molecule has 19 heteroatoms. The molecule has 0 fully saturated rings. The van der Waals surface area contributed by atoms with Crippen molar-refractivity contribution in [1.82, 2.24) is 0 Å². The van der Waals surface area contributed by atoms with Gasteiger partial charge in [-0.15, -0.1) is 0 Å². The maximum Gasteiger partial charge on any atom is 0.472 e. The Morgan fingerprint density at radius 3 is 0.798 bits per heavy atom. The Morgan fingerprint density at radius 2 is 0.539 bits per heavy atom. The Balaban J connectivity index is 5.08. The third kappa shape index (κ3) is 63.2. The molecule has 0 amide bonds. The van der Waals surface area contributed by atoms with Gasteiger partial charge in [0.25, 0.3) is 0 Å². The van der Waals surface area contributed by atoms with Crippen molar-refractivity contribution in [1.29, 1.82) is 0 Å². The van der Waals surface area contributed by atoms with E-state index in [4.69, 9.17) is 37.0 Å². The van der Waals surface area contributed by atoms with Crippen LogP contribution in [0.4, 0.5) is 0 Å². The monoisotopic (exact) mass is 1310 g/mol. The zero-order chi connectivity index (χ0) is 65.6. The lowest BCUT2D eigenvalue weighted by Crippen LogP contribution is -2.30. The number of aliphatic hydroxyl groups is 1. The minimum Gasteiger partial charge on any atom is -0.462 e. The van der Waals surface area contributed by atoms with Gasteiger partial charge in [-0.2, -0.15) is 0 Å². The molecule has 0 aliphatic heterocycles. The number of carbonyl (C=O) groups is 4. The van der Waals surface area contributed by atoms with E-state index < -0.39 is 97.5 Å². The lowest BCUT2D eigenvalue weighted by Gasteiger charge is -2.21. The standard InChI is InChI=1S/C70H136O17P2/c1-6-10-13-16-18-20-21-22-23-24-25-26-27-28-29-30-31-32-37-41-46-51-56-70(75)87-66(60-81-68(73)54-49-44-40-36-34-33-35-38-43-47-52-63(5)9-4)62-85-89(78,79)83-58-64(71)57-82-88(76,77)84-61-65(59-80-67(72)53-48-42-15-12-8-3)86-69(74)55-50-45-39-19-17-14-11-7-2/h63-66,71H,6-62H2,1-5H3,(H,76,77)(H,78,79)/t63?,64-,65+,66+/m0/s1. The highest BCUT2D eigenvalue weighted by molar-refractivity contribution is 7.47. The fourth-order valence-corrected chi connectivity index (χ4v) is 12.2. The SMILES string of the molecule is CCCCCCCCCCCCCCCCCCCCCCCCC(=O)O[C@H](COC(=O)CCCCCCCCCCCCC(C)CC)COP(=O)(O)OC[C@@H](O)COP(=O)(O)OC[C@@H](COC(=O)CCCCCCC)OC(=O)CCCCCCCCCC. The zero-order valence-electron chi connectivity index (χ0n) is 57.6. The molecular formula is C70H136O17P2. The highest BCUT2D eigenvalue weighted by atomic mass is 31.2. The number of aliphatic hydroxyl groups excluding tert-OH is 1. The summed E-state index contributed by atoms with van der Waals surface area (Å²) in [6.07, 6.45) is 50.6. The third-order valence-corrected chi connectivity index (χ3v) is 18.5. The number of phosphoric acid groups is 2. The molecule has 0 heterocycles. The van der Waals surface area contributed by atoms with Crippen LogP contribution in [0.3, 0.4) is 0 Å². The molecule has 0 aliphatic rings. The van der Waals surface area contributed by atoms with E-state index in [0.29, 0.717) is 25.7 Å². The van der Waals surface area contributed by atoms with Gasteiger partial charge in [0.05, 0.1) is 26.4 Å². The summed E-state index contributed by atoms with van der Waals surface area (Å²) in [7, 11) is -9.88. The lowest BCUT2D eigenvalue weighted by molar-refractivity contribution is -0.161. The van der Waals surface area contributed by atoms with E-state index in [1.807, 2.05) is 0 Å². The minimum atomic E-state index is -4.95. The van der Waals surface area contributed by atoms with Crippen LogP contribution in [0.25, 0.3) is 0 Å². The van der Waals surface area contributed by atoms with Gasteiger partial charge in [0.15, 0.2) is 12.2 Å². The third-order valence-electron chi connectivity index (χ3n) is 16.6. The zero-order valence-corrected chi connectivity index (χ0v) is 59.4. The molecule has 89 heavy (non-hydrogen) atoms. The normalized spacial score (nSPS) is 14.4. The smallest absolute Gasteiger partial charge is 0.462 e. The van der Waals surface area contributed by atoms with E-state index >= 15 is 0 Å². The molecule has 0 aromatic heterocycles. The van der Waals surface area contributed by atoms with Crippen molar-refractivity contribution in [3.05, 3.63) is 0 Å². The van der Waals surface area contributed by atoms with Crippen LogP contribution < -0.4 is 0 Å². The van der Waals surface area contributed by atoms with Gasteiger partial charge in [-0.1, -0.05) is 311 Å². The molecule has 0 radical (unpaired) electrons. The average molecular weight is 1310 g/mol. The van der Waals surface area contributed by atoms with Gasteiger partial charge in [-0.25, -0.2) is 9.13 Å². The van der Waals surface area contributed by atoms with Crippen LogP contribution in [0.2, 0.25) is 0 Å². The molecule has 0 saturated carbocycles. The van der Waals surface area contributed by atoms with Crippen molar-refractivity contribution >= 4 is 39.5 Å². The summed E-state index contributed by atoms with van der Waals surface area (Å²) < 4.78 is 67.9. The van der Waals surface area contributed by atoms with Gasteiger partial charge >= 0.3 is 39.5 Å². The Morgan fingerprint density at radius 1 is 0.315 bits per heavy atom. The van der Waals surface area contributed by atoms with Crippen molar-refractivity contribution in [3.63, 3.8) is 0 Å². The van der Waals surface area contributed by atoms with E-state index in [9.17, 15) is 43.2 Å². The number of phosphoric ester groups is 2. The van der Waals surface area contributed by atoms with E-state index in [1.165, 1.54) is 173 Å². The minimum absolute atomic E-state index is 0.104. The molecule has 0 aromatic carbocycles. The van der Waals surface area contributed by atoms with Crippen molar-refractivity contribution in [2.45, 2.75) is 380 Å². The number of carbonyl (C=O) groups excluding carboxylic acids is 4. The first kappa shape index (κ1) is 87.1. The second kappa shape index (κ2) is 63.5. The van der Waals surface area contributed by atoms with Crippen molar-refractivity contribution in [3.8, 4) is 0 Å². The van der Waals surface area contributed by atoms with Crippen molar-refractivity contribution in [2.75, 3.05) is 39.6 Å². The van der Waals surface area contributed by atoms with E-state index in [-0.39, 0.29) is 25.7 Å². The van der Waals surface area contributed by atoms with Crippen molar-refractivity contribution in [2.24, 2.45) is 5.92 Å². The Labute approximate surface area is 543 Å². The molecule has 0 spiro atoms. The molecular weight excluding hydrogens is 1170 g/mol. The first-order valence-electron chi connectivity index (χ1n) is 36.7. The first-order valence-corrected chi connectivity index (χ1v) is 39.7. The number of ether oxygens (including phenoxy) is 4. The van der Waals surface area contributed by atoms with E-state index in [1.54, 1.807) is 0 Å². The Hall–Kier alpha value is -1.94. The molecule has 3 N–H and O–H groups in total. The predicted molar refractivity (Wildman–Crippen MR) is 358 cm³/mol. The summed E-state index contributed by atoms with van der Waals surface area (Å²) in [5.74, 6) is -1.33. The van der Waals surface area contributed by atoms with Crippen LogP contribution in [0.1, 0.15) is 362 Å². The Kier molecular flexibility index (Phi) is 62.1. The average Bonchev–Trinajstić information content (AvgIpc) is 3.66. The fourth-order valence-electron chi connectivity index (χ4n) is 10.6. The molecule has 528 valence electrons. The highest BCUT2D eigenvalue weighted by Gasteiger charge is 2.30. The van der Waals surface area contributed by atoms with Crippen LogP contribution in [-0.4, -0.2) is 96.7 Å². The number of unbranched alkanes of at least 4 members (excludes halogenated alkanes) is 41. The highest BCUT2D eigenvalue weighted by Crippen LogP contribution is 2.45. The van der Waals surface area contributed by atoms with Gasteiger partial charge < -0.3 is 33.8 Å². The molecule has 17 nitrogen and oxygen atoms in total. The molecule has 0 saturated heterocycles. The van der Waals surface area contributed by atoms with Gasteiger partial charge in [-0.3, -0.25) is 37.3 Å². The van der Waals surface area contributed by atoms with Gasteiger partial charge in [0.2, 0.25) is 0 Å². The summed E-state index contributed by atoms with van der Waals surface area (Å²) in [5, 5.41) is 10.5. The topological polar surface area (TPSA) is 237 Å². The number of rotatable bonds is 70. The van der Waals surface area contributed by atoms with Gasteiger partial charge in [-0.05, 0) is 31.6 Å². The lowest BCUT2D eigenvalue weighted by atomic mass is 9.99. The Bertz CT molecular complexity index is 1720. The number of hydrogen-bond donors (Lipinski definition) is 3. The summed E-state index contributed by atoms with van der Waals surface area (Å²) in [6, 6.07) is 0. The van der Waals surface area contributed by atoms with Crippen molar-refractivity contribution < 1.29 is 80.2 Å². The van der Waals surface area contributed by atoms with Crippen LogP contribution in [0, 0.1) is 5.92 Å². The summed E-state index contributed by atoms with van der Waals surface area (Å²) in [5.41, 5.74) is 0. The van der Waals surface area contributed by atoms with Gasteiger partial charge in [0.1, 0.15) is 19.3 Å². The molecule has 0 aromatic rings. The maximum absolute atomic E-state index is 13.0. The van der Waals surface area contributed by atoms with E-state index in [0.717, 1.165) is 109 Å². The second-order valence-electron chi connectivity index (χ2n) is 25.5.